The van der Waals surface area contributed by atoms with Gasteiger partial charge in [0.15, 0.2) is 0 Å². The molecule has 0 atom stereocenters. The first-order chi connectivity index (χ1) is 13.2. The Labute approximate surface area is 152 Å². The Balaban J connectivity index is 0.000000279. The number of aromatic amines is 2. The number of rotatable bonds is 2. The van der Waals surface area contributed by atoms with E-state index in [0.717, 1.165) is 16.6 Å². The van der Waals surface area contributed by atoms with E-state index in [0.29, 0.717) is 17.2 Å². The minimum Gasteiger partial charge on any atom is -0.475 e. The first-order valence-corrected chi connectivity index (χ1v) is 7.50. The van der Waals surface area contributed by atoms with Gasteiger partial charge in [-0.1, -0.05) is 5.16 Å². The maximum atomic E-state index is 11.3. The lowest BCUT2D eigenvalue weighted by atomic mass is 10.2. The minimum absolute atomic E-state index is 0.247. The van der Waals surface area contributed by atoms with Gasteiger partial charge < -0.3 is 19.6 Å². The highest BCUT2D eigenvalue weighted by Crippen LogP contribution is 2.23. The summed E-state index contributed by atoms with van der Waals surface area (Å²) >= 11 is 0. The summed E-state index contributed by atoms with van der Waals surface area (Å²) in [6.45, 7) is 0. The molecule has 0 amide bonds. The molecule has 1 aromatic carbocycles. The molecule has 9 nitrogen and oxygen atoms in total. The Bertz CT molecular complexity index is 1160. The Morgan fingerprint density at radius 3 is 2.46 bits per heavy atom. The van der Waals surface area contributed by atoms with Crippen molar-refractivity contribution in [3.63, 3.8) is 0 Å². The van der Waals surface area contributed by atoms with E-state index in [-0.39, 0.29) is 5.69 Å². The molecular formula is C16H10F3N5O4. The average molecular weight is 393 g/mol. The number of H-pyrrole nitrogens is 2. The summed E-state index contributed by atoms with van der Waals surface area (Å²) in [7, 11) is 0. The standard InChI is InChI=1S/C14H9N5O2.C2HF3O2/c20-14-16-10-4-3-8(6-11(10)17-14)13-18-12(19-21-13)9-2-1-5-15-7-9;3-2(4,5)1(6)7/h1-7H,(H2,16,17,20);(H,6,7). The van der Waals surface area contributed by atoms with Crippen LogP contribution in [0.3, 0.4) is 0 Å². The predicted molar refractivity (Wildman–Crippen MR) is 89.1 cm³/mol. The van der Waals surface area contributed by atoms with E-state index < -0.39 is 12.1 Å². The van der Waals surface area contributed by atoms with Crippen LogP contribution in [0.15, 0.2) is 52.0 Å². The van der Waals surface area contributed by atoms with Crippen LogP contribution >= 0.6 is 0 Å². The van der Waals surface area contributed by atoms with Crippen LogP contribution < -0.4 is 5.69 Å². The number of nitrogens with one attached hydrogen (secondary N) is 2. The number of halogens is 3. The number of carbonyl (C=O) groups is 1. The molecule has 28 heavy (non-hydrogen) atoms. The Morgan fingerprint density at radius 1 is 1.11 bits per heavy atom. The highest BCUT2D eigenvalue weighted by molar-refractivity contribution is 5.79. The monoisotopic (exact) mass is 393 g/mol. The third kappa shape index (κ3) is 4.23. The lowest BCUT2D eigenvalue weighted by Crippen LogP contribution is -2.21. The van der Waals surface area contributed by atoms with Gasteiger partial charge in [0.2, 0.25) is 5.82 Å². The van der Waals surface area contributed by atoms with Crippen molar-refractivity contribution in [2.24, 2.45) is 0 Å². The number of aliphatic carboxylic acids is 1. The van der Waals surface area contributed by atoms with Gasteiger partial charge in [0.25, 0.3) is 5.89 Å². The van der Waals surface area contributed by atoms with Gasteiger partial charge in [-0.3, -0.25) is 4.98 Å². The fourth-order valence-electron chi connectivity index (χ4n) is 2.12. The number of carboxylic acids is 1. The van der Waals surface area contributed by atoms with E-state index >= 15 is 0 Å². The fraction of sp³-hybridized carbons (Fsp3) is 0.0625. The number of nitrogens with zero attached hydrogens (tertiary/aromatic N) is 3. The van der Waals surface area contributed by atoms with Crippen LogP contribution in [0.2, 0.25) is 0 Å². The van der Waals surface area contributed by atoms with E-state index in [2.05, 4.69) is 25.1 Å². The van der Waals surface area contributed by atoms with Gasteiger partial charge in [-0.25, -0.2) is 9.59 Å². The molecule has 0 unspecified atom stereocenters. The van der Waals surface area contributed by atoms with E-state index in [1.807, 2.05) is 18.2 Å². The molecule has 0 fully saturated rings. The molecule has 0 radical (unpaired) electrons. The van der Waals surface area contributed by atoms with Crippen LogP contribution in [0.1, 0.15) is 0 Å². The average Bonchev–Trinajstić information content (AvgIpc) is 3.27. The molecule has 0 aliphatic rings. The number of hydrogen-bond donors (Lipinski definition) is 3. The smallest absolute Gasteiger partial charge is 0.475 e. The number of pyridine rings is 1. The molecule has 0 aliphatic carbocycles. The molecule has 0 saturated carbocycles. The Hall–Kier alpha value is -3.96. The van der Waals surface area contributed by atoms with Crippen molar-refractivity contribution < 1.29 is 27.6 Å². The Morgan fingerprint density at radius 2 is 1.82 bits per heavy atom. The summed E-state index contributed by atoms with van der Waals surface area (Å²) in [4.78, 5) is 33.9. The molecule has 0 aliphatic heterocycles. The largest absolute Gasteiger partial charge is 0.490 e. The molecular weight excluding hydrogens is 383 g/mol. The SMILES string of the molecule is O=C(O)C(F)(F)F.O=c1[nH]c2ccc(-c3nc(-c4cccnc4)no3)cc2[nH]1. The molecule has 0 bridgehead atoms. The molecule has 144 valence electrons. The normalized spacial score (nSPS) is 11.1. The van der Waals surface area contributed by atoms with E-state index in [1.54, 1.807) is 24.5 Å². The first-order valence-electron chi connectivity index (χ1n) is 7.50. The van der Waals surface area contributed by atoms with Crippen LogP contribution in [0, 0.1) is 0 Å². The van der Waals surface area contributed by atoms with Gasteiger partial charge >= 0.3 is 17.8 Å². The third-order valence-electron chi connectivity index (χ3n) is 3.35. The minimum atomic E-state index is -5.08. The zero-order chi connectivity index (χ0) is 20.3. The quantitative estimate of drug-likeness (QED) is 0.476. The second-order valence-electron chi connectivity index (χ2n) is 5.31. The van der Waals surface area contributed by atoms with Crippen LogP contribution in [0.5, 0.6) is 0 Å². The van der Waals surface area contributed by atoms with Crippen LogP contribution in [0.4, 0.5) is 13.2 Å². The van der Waals surface area contributed by atoms with E-state index in [4.69, 9.17) is 14.4 Å². The number of imidazole rings is 1. The summed E-state index contributed by atoms with van der Waals surface area (Å²) in [6.07, 6.45) is -1.73. The maximum absolute atomic E-state index is 11.3. The number of hydrogen-bond acceptors (Lipinski definition) is 6. The first kappa shape index (κ1) is 18.8. The van der Waals surface area contributed by atoms with Crippen molar-refractivity contribution in [3.05, 3.63) is 53.2 Å². The number of fused-ring (bicyclic) bond motifs is 1. The van der Waals surface area contributed by atoms with Crippen molar-refractivity contribution in [1.82, 2.24) is 25.1 Å². The van der Waals surface area contributed by atoms with Crippen LogP contribution in [-0.4, -0.2) is 42.3 Å². The van der Waals surface area contributed by atoms with Gasteiger partial charge in [0, 0.05) is 23.5 Å². The second-order valence-corrected chi connectivity index (χ2v) is 5.31. The van der Waals surface area contributed by atoms with Gasteiger partial charge in [0.1, 0.15) is 0 Å². The highest BCUT2D eigenvalue weighted by Gasteiger charge is 2.38. The summed E-state index contributed by atoms with van der Waals surface area (Å²) in [5.74, 6) is -1.90. The van der Waals surface area contributed by atoms with Crippen LogP contribution in [0.25, 0.3) is 33.9 Å². The van der Waals surface area contributed by atoms with Crippen molar-refractivity contribution in [1.29, 1.82) is 0 Å². The molecule has 0 saturated heterocycles. The number of carboxylic acid groups (broad SMARTS) is 1. The second kappa shape index (κ2) is 7.34. The van der Waals surface area contributed by atoms with E-state index in [9.17, 15) is 18.0 Å². The zero-order valence-electron chi connectivity index (χ0n) is 13.7. The topological polar surface area (TPSA) is 138 Å². The third-order valence-corrected chi connectivity index (χ3v) is 3.35. The molecule has 12 heteroatoms. The number of aromatic nitrogens is 5. The van der Waals surface area contributed by atoms with E-state index in [1.165, 1.54) is 0 Å². The summed E-state index contributed by atoms with van der Waals surface area (Å²) in [5.41, 5.74) is 2.70. The maximum Gasteiger partial charge on any atom is 0.490 e. The fourth-order valence-corrected chi connectivity index (χ4v) is 2.12. The zero-order valence-corrected chi connectivity index (χ0v) is 13.7. The summed E-state index contributed by atoms with van der Waals surface area (Å²) in [6, 6.07) is 9.05. The number of benzene rings is 1. The predicted octanol–water partition coefficient (Wildman–Crippen LogP) is 2.60. The molecule has 4 aromatic rings. The van der Waals surface area contributed by atoms with Crippen molar-refractivity contribution in [2.45, 2.75) is 6.18 Å². The van der Waals surface area contributed by atoms with Gasteiger partial charge in [-0.15, -0.1) is 0 Å². The lowest BCUT2D eigenvalue weighted by molar-refractivity contribution is -0.192. The van der Waals surface area contributed by atoms with Crippen molar-refractivity contribution in [3.8, 4) is 22.8 Å². The molecule has 3 heterocycles. The van der Waals surface area contributed by atoms with Crippen molar-refractivity contribution in [2.75, 3.05) is 0 Å². The van der Waals surface area contributed by atoms with Gasteiger partial charge in [-0.2, -0.15) is 18.2 Å². The molecule has 0 spiro atoms. The molecule has 3 N–H and O–H groups in total. The molecule has 3 aromatic heterocycles. The molecule has 4 rings (SSSR count). The van der Waals surface area contributed by atoms with Crippen LogP contribution in [-0.2, 0) is 4.79 Å². The highest BCUT2D eigenvalue weighted by atomic mass is 19.4. The summed E-state index contributed by atoms with van der Waals surface area (Å²) < 4.78 is 37.0. The lowest BCUT2D eigenvalue weighted by Gasteiger charge is -1.94. The Kier molecular flexibility index (Phi) is 4.94. The van der Waals surface area contributed by atoms with Gasteiger partial charge in [0.05, 0.1) is 11.0 Å². The van der Waals surface area contributed by atoms with Crippen molar-refractivity contribution >= 4 is 17.0 Å². The van der Waals surface area contributed by atoms with Gasteiger partial charge in [-0.05, 0) is 30.3 Å². The number of alkyl halides is 3. The summed E-state index contributed by atoms with van der Waals surface area (Å²) in [5, 5.41) is 11.1.